The van der Waals surface area contributed by atoms with Crippen LogP contribution in [0.25, 0.3) is 0 Å². The number of hydrazine groups is 1. The molecule has 0 saturated heterocycles. The number of thiophene rings is 1. The lowest BCUT2D eigenvalue weighted by atomic mass is 10.3. The Bertz CT molecular complexity index is 402. The van der Waals surface area contributed by atoms with Gasteiger partial charge in [-0.2, -0.15) is 0 Å². The van der Waals surface area contributed by atoms with Crippen molar-refractivity contribution in [2.75, 3.05) is 6.61 Å². The topological polar surface area (TPSA) is 84.5 Å². The fourth-order valence-electron chi connectivity index (χ4n) is 0.946. The summed E-state index contributed by atoms with van der Waals surface area (Å²) in [6, 6.07) is 3.64. The van der Waals surface area contributed by atoms with Crippen LogP contribution < -0.4 is 10.9 Å². The fraction of sp³-hybridized carbons (Fsp3) is 0.300. The third kappa shape index (κ3) is 5.67. The Kier molecular flexibility index (Phi) is 5.15. The van der Waals surface area contributed by atoms with Crippen LogP contribution in [0.5, 0.6) is 0 Å². The predicted octanol–water partition coefficient (Wildman–Crippen LogP) is 0.00110. The van der Waals surface area contributed by atoms with Crippen LogP contribution in [0.3, 0.4) is 0 Å². The SMILES string of the molecule is CC(=O)NNC(=O)COC(=O)Cc1cccs1. The lowest BCUT2D eigenvalue weighted by Gasteiger charge is -2.05. The highest BCUT2D eigenvalue weighted by Crippen LogP contribution is 2.09. The molecule has 1 aromatic heterocycles. The van der Waals surface area contributed by atoms with Gasteiger partial charge in [0.25, 0.3) is 5.91 Å². The first-order chi connectivity index (χ1) is 8.08. The van der Waals surface area contributed by atoms with E-state index in [0.29, 0.717) is 0 Å². The molecule has 1 rings (SSSR count). The Hall–Kier alpha value is -1.89. The van der Waals surface area contributed by atoms with E-state index in [1.165, 1.54) is 18.3 Å². The first-order valence-electron chi connectivity index (χ1n) is 4.81. The summed E-state index contributed by atoms with van der Waals surface area (Å²) in [4.78, 5) is 33.7. The molecule has 0 unspecified atom stereocenters. The Labute approximate surface area is 102 Å². The zero-order valence-corrected chi connectivity index (χ0v) is 10.0. The smallest absolute Gasteiger partial charge is 0.311 e. The highest BCUT2D eigenvalue weighted by molar-refractivity contribution is 7.10. The molecule has 0 aliphatic heterocycles. The van der Waals surface area contributed by atoms with Crippen LogP contribution in [0.1, 0.15) is 11.8 Å². The molecule has 0 atom stereocenters. The van der Waals surface area contributed by atoms with Crippen molar-refractivity contribution in [1.82, 2.24) is 10.9 Å². The maximum atomic E-state index is 11.3. The number of amides is 2. The molecule has 0 radical (unpaired) electrons. The fourth-order valence-corrected chi connectivity index (χ4v) is 1.64. The average molecular weight is 256 g/mol. The van der Waals surface area contributed by atoms with E-state index in [1.54, 1.807) is 0 Å². The quantitative estimate of drug-likeness (QED) is 0.586. The Balaban J connectivity index is 2.19. The summed E-state index contributed by atoms with van der Waals surface area (Å²) in [5.41, 5.74) is 4.17. The van der Waals surface area contributed by atoms with Gasteiger partial charge in [0.15, 0.2) is 6.61 Å². The molecule has 17 heavy (non-hydrogen) atoms. The molecule has 1 aromatic rings. The van der Waals surface area contributed by atoms with Crippen molar-refractivity contribution in [3.63, 3.8) is 0 Å². The van der Waals surface area contributed by atoms with E-state index in [0.717, 1.165) is 4.88 Å². The highest BCUT2D eigenvalue weighted by Gasteiger charge is 2.08. The van der Waals surface area contributed by atoms with Crippen molar-refractivity contribution < 1.29 is 19.1 Å². The molecule has 1 heterocycles. The maximum Gasteiger partial charge on any atom is 0.311 e. The van der Waals surface area contributed by atoms with Crippen LogP contribution >= 0.6 is 11.3 Å². The van der Waals surface area contributed by atoms with E-state index in [2.05, 4.69) is 10.9 Å². The summed E-state index contributed by atoms with van der Waals surface area (Å²) in [5, 5.41) is 1.85. The van der Waals surface area contributed by atoms with Crippen LogP contribution in [-0.2, 0) is 25.5 Å². The van der Waals surface area contributed by atoms with Gasteiger partial charge >= 0.3 is 5.97 Å². The molecule has 92 valence electrons. The van der Waals surface area contributed by atoms with Crippen molar-refractivity contribution in [2.24, 2.45) is 0 Å². The van der Waals surface area contributed by atoms with Crippen molar-refractivity contribution in [1.29, 1.82) is 0 Å². The average Bonchev–Trinajstić information content (AvgIpc) is 2.76. The Morgan fingerprint density at radius 2 is 2.12 bits per heavy atom. The standard InChI is InChI=1S/C10H12N2O4S/c1-7(13)11-12-9(14)6-16-10(15)5-8-3-2-4-17-8/h2-4H,5-6H2,1H3,(H,11,13)(H,12,14). The summed E-state index contributed by atoms with van der Waals surface area (Å²) in [7, 11) is 0. The van der Waals surface area contributed by atoms with Gasteiger partial charge < -0.3 is 4.74 Å². The van der Waals surface area contributed by atoms with Gasteiger partial charge in [-0.15, -0.1) is 11.3 Å². The maximum absolute atomic E-state index is 11.3. The second kappa shape index (κ2) is 6.64. The number of carbonyl (C=O) groups is 3. The van der Waals surface area contributed by atoms with Gasteiger partial charge in [0.2, 0.25) is 5.91 Å². The van der Waals surface area contributed by atoms with Crippen LogP contribution in [0.4, 0.5) is 0 Å². The Morgan fingerprint density at radius 1 is 1.35 bits per heavy atom. The number of rotatable bonds is 4. The number of hydrogen-bond donors (Lipinski definition) is 2. The zero-order chi connectivity index (χ0) is 12.7. The monoisotopic (exact) mass is 256 g/mol. The molecule has 0 spiro atoms. The van der Waals surface area contributed by atoms with Crippen LogP contribution in [-0.4, -0.2) is 24.4 Å². The minimum atomic E-state index is -0.584. The second-order valence-corrected chi connectivity index (χ2v) is 4.18. The number of hydrogen-bond acceptors (Lipinski definition) is 5. The van der Waals surface area contributed by atoms with Gasteiger partial charge in [0, 0.05) is 11.8 Å². The summed E-state index contributed by atoms with van der Waals surface area (Å²) in [5.74, 6) is -1.46. The second-order valence-electron chi connectivity index (χ2n) is 3.15. The third-order valence-electron chi connectivity index (χ3n) is 1.64. The van der Waals surface area contributed by atoms with E-state index < -0.39 is 24.4 Å². The number of esters is 1. The highest BCUT2D eigenvalue weighted by atomic mass is 32.1. The molecule has 0 aliphatic rings. The molecule has 7 heteroatoms. The number of nitrogens with one attached hydrogen (secondary N) is 2. The lowest BCUT2D eigenvalue weighted by molar-refractivity contribution is -0.148. The predicted molar refractivity (Wildman–Crippen MR) is 60.9 cm³/mol. The van der Waals surface area contributed by atoms with Crippen molar-refractivity contribution in [2.45, 2.75) is 13.3 Å². The Morgan fingerprint density at radius 3 is 2.71 bits per heavy atom. The summed E-state index contributed by atoms with van der Waals surface area (Å²) in [6.07, 6.45) is 0.144. The third-order valence-corrected chi connectivity index (χ3v) is 2.52. The molecular weight excluding hydrogens is 244 g/mol. The van der Waals surface area contributed by atoms with Crippen molar-refractivity contribution in [3.05, 3.63) is 22.4 Å². The molecular formula is C10H12N2O4S. The summed E-state index contributed by atoms with van der Waals surface area (Å²) >= 11 is 1.44. The van der Waals surface area contributed by atoms with Gasteiger partial charge in [-0.25, -0.2) is 0 Å². The van der Waals surface area contributed by atoms with Gasteiger partial charge in [0.1, 0.15) is 0 Å². The van der Waals surface area contributed by atoms with Crippen molar-refractivity contribution >= 4 is 29.1 Å². The first-order valence-corrected chi connectivity index (χ1v) is 5.69. The first kappa shape index (κ1) is 13.2. The van der Waals surface area contributed by atoms with Crippen LogP contribution in [0.15, 0.2) is 17.5 Å². The van der Waals surface area contributed by atoms with E-state index >= 15 is 0 Å². The number of carbonyl (C=O) groups excluding carboxylic acids is 3. The van der Waals surface area contributed by atoms with Gasteiger partial charge in [-0.3, -0.25) is 25.2 Å². The molecule has 6 nitrogen and oxygen atoms in total. The molecule has 2 amide bonds. The molecule has 0 aliphatic carbocycles. The molecule has 0 fully saturated rings. The van der Waals surface area contributed by atoms with E-state index in [9.17, 15) is 14.4 Å². The molecule has 0 saturated carbocycles. The lowest BCUT2D eigenvalue weighted by Crippen LogP contribution is -2.42. The van der Waals surface area contributed by atoms with E-state index in [4.69, 9.17) is 4.74 Å². The summed E-state index contributed by atoms with van der Waals surface area (Å²) in [6.45, 7) is 0.841. The zero-order valence-electron chi connectivity index (χ0n) is 9.19. The largest absolute Gasteiger partial charge is 0.455 e. The number of ether oxygens (including phenoxy) is 1. The van der Waals surface area contributed by atoms with Crippen LogP contribution in [0.2, 0.25) is 0 Å². The van der Waals surface area contributed by atoms with Gasteiger partial charge in [-0.05, 0) is 11.4 Å². The molecule has 0 bridgehead atoms. The summed E-state index contributed by atoms with van der Waals surface area (Å²) < 4.78 is 4.71. The normalized spacial score (nSPS) is 9.47. The van der Waals surface area contributed by atoms with E-state index in [1.807, 2.05) is 17.5 Å². The van der Waals surface area contributed by atoms with Crippen LogP contribution in [0, 0.1) is 0 Å². The minimum Gasteiger partial charge on any atom is -0.455 e. The van der Waals surface area contributed by atoms with E-state index in [-0.39, 0.29) is 6.42 Å². The minimum absolute atomic E-state index is 0.144. The van der Waals surface area contributed by atoms with Crippen molar-refractivity contribution in [3.8, 4) is 0 Å². The molecule has 2 N–H and O–H groups in total. The van der Waals surface area contributed by atoms with Gasteiger partial charge in [0.05, 0.1) is 6.42 Å². The molecule has 0 aromatic carbocycles. The van der Waals surface area contributed by atoms with Gasteiger partial charge in [-0.1, -0.05) is 6.07 Å².